The van der Waals surface area contributed by atoms with Crippen molar-refractivity contribution in [1.29, 1.82) is 5.26 Å². The summed E-state index contributed by atoms with van der Waals surface area (Å²) in [5.74, 6) is -0.644. The molecule has 0 saturated heterocycles. The lowest BCUT2D eigenvalue weighted by atomic mass is 10.1. The van der Waals surface area contributed by atoms with E-state index in [1.165, 1.54) is 6.92 Å². The maximum atomic E-state index is 12.6. The molecular weight excluding hydrogens is 394 g/mol. The summed E-state index contributed by atoms with van der Waals surface area (Å²) in [6.07, 6.45) is -1.06. The number of hydrogen-bond donors (Lipinski definition) is 1. The van der Waals surface area contributed by atoms with E-state index < -0.39 is 18.0 Å². The lowest BCUT2D eigenvalue weighted by molar-refractivity contribution is -0.123. The normalized spacial score (nSPS) is 11.5. The Hall–Kier alpha value is -4.44. The summed E-state index contributed by atoms with van der Waals surface area (Å²) in [4.78, 5) is 25.1. The van der Waals surface area contributed by atoms with Crippen molar-refractivity contribution in [3.8, 4) is 17.4 Å². The van der Waals surface area contributed by atoms with Crippen molar-refractivity contribution in [1.82, 2.24) is 5.16 Å². The van der Waals surface area contributed by atoms with E-state index in [0.29, 0.717) is 27.9 Å². The van der Waals surface area contributed by atoms with Gasteiger partial charge in [0.1, 0.15) is 11.6 Å². The molecule has 0 saturated carbocycles. The van der Waals surface area contributed by atoms with Gasteiger partial charge in [0, 0.05) is 5.56 Å². The lowest BCUT2D eigenvalue weighted by Crippen LogP contribution is -2.30. The molecule has 0 radical (unpaired) electrons. The molecule has 7 heteroatoms. The highest BCUT2D eigenvalue weighted by molar-refractivity contribution is 6.01. The van der Waals surface area contributed by atoms with E-state index in [0.717, 1.165) is 5.56 Å². The first kappa shape index (κ1) is 19.9. The van der Waals surface area contributed by atoms with Gasteiger partial charge in [0.2, 0.25) is 0 Å². The van der Waals surface area contributed by atoms with Crippen molar-refractivity contribution in [3.63, 3.8) is 0 Å². The number of nitrogens with one attached hydrogen (secondary N) is 1. The Morgan fingerprint density at radius 2 is 1.81 bits per heavy atom. The minimum atomic E-state index is -1.06. The Morgan fingerprint density at radius 1 is 1.06 bits per heavy atom. The number of nitriles is 1. The van der Waals surface area contributed by atoms with E-state index in [1.54, 1.807) is 42.5 Å². The maximum absolute atomic E-state index is 12.6. The molecule has 0 aliphatic heterocycles. The average Bonchev–Trinajstić information content (AvgIpc) is 3.23. The molecular formula is C24H17N3O4. The van der Waals surface area contributed by atoms with Crippen LogP contribution in [0.15, 0.2) is 77.3 Å². The fourth-order valence-electron chi connectivity index (χ4n) is 3.07. The minimum absolute atomic E-state index is 0.268. The number of esters is 1. The quantitative estimate of drug-likeness (QED) is 0.483. The number of anilines is 1. The van der Waals surface area contributed by atoms with Gasteiger partial charge in [-0.05, 0) is 37.3 Å². The van der Waals surface area contributed by atoms with Crippen molar-refractivity contribution >= 4 is 28.5 Å². The van der Waals surface area contributed by atoms with Gasteiger partial charge in [-0.1, -0.05) is 47.6 Å². The molecule has 1 N–H and O–H groups in total. The van der Waals surface area contributed by atoms with E-state index in [1.807, 2.05) is 36.4 Å². The van der Waals surface area contributed by atoms with E-state index in [2.05, 4.69) is 10.5 Å². The van der Waals surface area contributed by atoms with Gasteiger partial charge in [0.25, 0.3) is 5.91 Å². The topological polar surface area (TPSA) is 105 Å². The average molecular weight is 411 g/mol. The number of para-hydroxylation sites is 1. The van der Waals surface area contributed by atoms with Gasteiger partial charge in [-0.25, -0.2) is 4.79 Å². The fraction of sp³-hybridized carbons (Fsp3) is 0.0833. The Morgan fingerprint density at radius 3 is 2.58 bits per heavy atom. The molecule has 1 heterocycles. The molecule has 0 aliphatic carbocycles. The summed E-state index contributed by atoms with van der Waals surface area (Å²) in [6.45, 7) is 1.47. The van der Waals surface area contributed by atoms with Gasteiger partial charge in [-0.2, -0.15) is 5.26 Å². The summed E-state index contributed by atoms with van der Waals surface area (Å²) in [5.41, 5.74) is 2.38. The third-order valence-electron chi connectivity index (χ3n) is 4.71. The predicted octanol–water partition coefficient (Wildman–Crippen LogP) is 4.55. The zero-order valence-corrected chi connectivity index (χ0v) is 16.5. The Labute approximate surface area is 177 Å². The van der Waals surface area contributed by atoms with Crippen LogP contribution in [-0.4, -0.2) is 23.1 Å². The SMILES string of the molecule is C[C@H](OC(=O)c1ccc2noc(-c3ccccc3)c2c1)C(=O)Nc1ccccc1C#N. The summed E-state index contributed by atoms with van der Waals surface area (Å²) >= 11 is 0. The zero-order valence-electron chi connectivity index (χ0n) is 16.5. The number of amides is 1. The number of fused-ring (bicyclic) bond motifs is 1. The first-order valence-corrected chi connectivity index (χ1v) is 9.52. The summed E-state index contributed by atoms with van der Waals surface area (Å²) in [5, 5.41) is 16.4. The first-order chi connectivity index (χ1) is 15.1. The number of ether oxygens (including phenoxy) is 1. The lowest BCUT2D eigenvalue weighted by Gasteiger charge is -2.14. The van der Waals surface area contributed by atoms with Crippen LogP contribution in [0.25, 0.3) is 22.2 Å². The molecule has 4 rings (SSSR count). The van der Waals surface area contributed by atoms with E-state index in [4.69, 9.17) is 14.5 Å². The highest BCUT2D eigenvalue weighted by atomic mass is 16.5. The van der Waals surface area contributed by atoms with Crippen molar-refractivity contribution < 1.29 is 18.8 Å². The fourth-order valence-corrected chi connectivity index (χ4v) is 3.07. The van der Waals surface area contributed by atoms with E-state index >= 15 is 0 Å². The molecule has 1 amide bonds. The summed E-state index contributed by atoms with van der Waals surface area (Å²) in [7, 11) is 0. The third-order valence-corrected chi connectivity index (χ3v) is 4.71. The summed E-state index contributed by atoms with van der Waals surface area (Å²) in [6, 6.07) is 22.9. The van der Waals surface area contributed by atoms with Gasteiger partial charge in [-0.3, -0.25) is 4.79 Å². The van der Waals surface area contributed by atoms with Gasteiger partial charge in [0.05, 0.1) is 22.2 Å². The maximum Gasteiger partial charge on any atom is 0.338 e. The van der Waals surface area contributed by atoms with Crippen LogP contribution in [-0.2, 0) is 9.53 Å². The highest BCUT2D eigenvalue weighted by Gasteiger charge is 2.21. The molecule has 0 aliphatic rings. The molecule has 1 aromatic heterocycles. The second-order valence-electron chi connectivity index (χ2n) is 6.80. The van der Waals surface area contributed by atoms with Gasteiger partial charge >= 0.3 is 5.97 Å². The molecule has 0 unspecified atom stereocenters. The summed E-state index contributed by atoms with van der Waals surface area (Å²) < 4.78 is 10.8. The van der Waals surface area contributed by atoms with Crippen LogP contribution < -0.4 is 5.32 Å². The Kier molecular flexibility index (Phi) is 5.45. The van der Waals surface area contributed by atoms with Crippen molar-refractivity contribution in [2.75, 3.05) is 5.32 Å². The predicted molar refractivity (Wildman–Crippen MR) is 114 cm³/mol. The number of rotatable bonds is 5. The number of nitrogens with zero attached hydrogens (tertiary/aromatic N) is 2. The van der Waals surface area contributed by atoms with Crippen LogP contribution in [0.1, 0.15) is 22.8 Å². The van der Waals surface area contributed by atoms with Crippen LogP contribution in [0.3, 0.4) is 0 Å². The number of hydrogen-bond acceptors (Lipinski definition) is 6. The number of benzene rings is 3. The van der Waals surface area contributed by atoms with Crippen LogP contribution >= 0.6 is 0 Å². The smallest absolute Gasteiger partial charge is 0.338 e. The largest absolute Gasteiger partial charge is 0.449 e. The number of carbonyl (C=O) groups is 2. The molecule has 4 aromatic rings. The zero-order chi connectivity index (χ0) is 21.8. The monoisotopic (exact) mass is 411 g/mol. The Balaban J connectivity index is 1.51. The van der Waals surface area contributed by atoms with Gasteiger partial charge < -0.3 is 14.6 Å². The molecule has 0 spiro atoms. The molecule has 31 heavy (non-hydrogen) atoms. The van der Waals surface area contributed by atoms with E-state index in [-0.39, 0.29) is 5.56 Å². The molecule has 1 atom stereocenters. The molecule has 0 bridgehead atoms. The number of aromatic nitrogens is 1. The minimum Gasteiger partial charge on any atom is -0.449 e. The van der Waals surface area contributed by atoms with Crippen LogP contribution in [0.2, 0.25) is 0 Å². The third kappa shape index (κ3) is 4.14. The second-order valence-corrected chi connectivity index (χ2v) is 6.80. The van der Waals surface area contributed by atoms with Crippen LogP contribution in [0.4, 0.5) is 5.69 Å². The van der Waals surface area contributed by atoms with E-state index in [9.17, 15) is 9.59 Å². The highest BCUT2D eigenvalue weighted by Crippen LogP contribution is 2.29. The standard InChI is InChI=1S/C24H17N3O4/c1-15(23(28)26-20-10-6-5-9-18(20)14-25)30-24(29)17-11-12-21-19(13-17)22(31-27-21)16-7-3-2-4-8-16/h2-13,15H,1H3,(H,26,28)/t15-/m0/s1. The van der Waals surface area contributed by atoms with Gasteiger partial charge in [0.15, 0.2) is 11.9 Å². The molecule has 0 fully saturated rings. The van der Waals surface area contributed by atoms with Gasteiger partial charge in [-0.15, -0.1) is 0 Å². The molecule has 3 aromatic carbocycles. The number of carbonyl (C=O) groups excluding carboxylic acids is 2. The van der Waals surface area contributed by atoms with Crippen LogP contribution in [0, 0.1) is 11.3 Å². The van der Waals surface area contributed by atoms with Crippen LogP contribution in [0.5, 0.6) is 0 Å². The molecule has 7 nitrogen and oxygen atoms in total. The van der Waals surface area contributed by atoms with Crippen molar-refractivity contribution in [2.24, 2.45) is 0 Å². The van der Waals surface area contributed by atoms with Crippen molar-refractivity contribution in [3.05, 3.63) is 83.9 Å². The Bertz CT molecular complexity index is 1310. The molecule has 152 valence electrons. The second kappa shape index (κ2) is 8.51. The first-order valence-electron chi connectivity index (χ1n) is 9.52. The van der Waals surface area contributed by atoms with Crippen molar-refractivity contribution in [2.45, 2.75) is 13.0 Å².